The fourth-order valence-corrected chi connectivity index (χ4v) is 0.985. The highest BCUT2D eigenvalue weighted by atomic mass is 19.2. The van der Waals surface area contributed by atoms with Crippen molar-refractivity contribution in [2.75, 3.05) is 0 Å². The second kappa shape index (κ2) is 5.90. The third-order valence-corrected chi connectivity index (χ3v) is 1.84. The minimum absolute atomic E-state index is 0.343. The van der Waals surface area contributed by atoms with Gasteiger partial charge in [-0.1, -0.05) is 12.1 Å². The van der Waals surface area contributed by atoms with Crippen LogP contribution >= 0.6 is 0 Å². The summed E-state index contributed by atoms with van der Waals surface area (Å²) in [5.74, 6) is -0.713. The fraction of sp³-hybridized carbons (Fsp3) is 0.167. The van der Waals surface area contributed by atoms with E-state index in [1.807, 2.05) is 6.92 Å². The van der Waals surface area contributed by atoms with E-state index in [4.69, 9.17) is 0 Å². The highest BCUT2D eigenvalue weighted by Gasteiger charge is 2.00. The summed E-state index contributed by atoms with van der Waals surface area (Å²) >= 11 is 0. The molecule has 0 amide bonds. The maximum atomic E-state index is 12.4. The molecule has 16 heavy (non-hydrogen) atoms. The molecule has 2 rings (SSSR count). The number of benzene rings is 1. The molecule has 0 saturated heterocycles. The predicted octanol–water partition coefficient (Wildman–Crippen LogP) is 3.06. The Bertz CT molecular complexity index is 424. The van der Waals surface area contributed by atoms with E-state index in [9.17, 15) is 8.78 Å². The predicted molar refractivity (Wildman–Crippen MR) is 57.9 cm³/mol. The average Bonchev–Trinajstić information content (AvgIpc) is 2.28. The molecule has 0 aliphatic rings. The smallest absolute Gasteiger partial charge is 0.161 e. The summed E-state index contributed by atoms with van der Waals surface area (Å²) in [6, 6.07) is 5.90. The van der Waals surface area contributed by atoms with Crippen LogP contribution in [0, 0.1) is 25.5 Å². The summed E-state index contributed by atoms with van der Waals surface area (Å²) in [5.41, 5.74) is 0.343. The van der Waals surface area contributed by atoms with Gasteiger partial charge in [0.25, 0.3) is 0 Å². The molecule has 0 aliphatic carbocycles. The van der Waals surface area contributed by atoms with Crippen LogP contribution in [0.15, 0.2) is 36.7 Å². The van der Waals surface area contributed by atoms with Crippen LogP contribution in [0.4, 0.5) is 8.78 Å². The van der Waals surface area contributed by atoms with Gasteiger partial charge >= 0.3 is 0 Å². The molecule has 0 aliphatic heterocycles. The Kier molecular flexibility index (Phi) is 4.51. The van der Waals surface area contributed by atoms with Crippen molar-refractivity contribution < 1.29 is 8.78 Å². The normalized spacial score (nSPS) is 9.25. The van der Waals surface area contributed by atoms with Gasteiger partial charge in [-0.3, -0.25) is 0 Å². The number of aromatic nitrogens is 2. The van der Waals surface area contributed by atoms with E-state index in [2.05, 4.69) is 9.97 Å². The van der Waals surface area contributed by atoms with Crippen molar-refractivity contribution in [3.05, 3.63) is 59.7 Å². The van der Waals surface area contributed by atoms with Crippen LogP contribution in [0.1, 0.15) is 11.4 Å². The van der Waals surface area contributed by atoms with Crippen molar-refractivity contribution in [2.24, 2.45) is 0 Å². The monoisotopic (exact) mass is 222 g/mol. The van der Waals surface area contributed by atoms with Crippen molar-refractivity contribution in [3.8, 4) is 0 Å². The maximum absolute atomic E-state index is 12.4. The topological polar surface area (TPSA) is 25.8 Å². The van der Waals surface area contributed by atoms with Crippen molar-refractivity contribution in [3.63, 3.8) is 0 Å². The largest absolute Gasteiger partial charge is 0.242 e. The van der Waals surface area contributed by atoms with Gasteiger partial charge < -0.3 is 0 Å². The first-order valence-electron chi connectivity index (χ1n) is 4.75. The van der Waals surface area contributed by atoms with E-state index < -0.39 is 11.6 Å². The van der Waals surface area contributed by atoms with Gasteiger partial charge in [-0.25, -0.2) is 18.7 Å². The van der Waals surface area contributed by atoms with Crippen LogP contribution in [0.25, 0.3) is 0 Å². The molecule has 0 spiro atoms. The molecule has 2 nitrogen and oxygen atoms in total. The third kappa shape index (κ3) is 3.73. The molecule has 1 aromatic heterocycles. The number of nitrogens with zero attached hydrogens (tertiary/aromatic N) is 2. The Labute approximate surface area is 93.0 Å². The Morgan fingerprint density at radius 3 is 1.94 bits per heavy atom. The first-order chi connectivity index (χ1) is 7.61. The lowest BCUT2D eigenvalue weighted by molar-refractivity contribution is 0.503. The Balaban J connectivity index is 0.000000165. The van der Waals surface area contributed by atoms with E-state index in [1.54, 1.807) is 18.5 Å². The molecule has 0 fully saturated rings. The molecule has 0 saturated carbocycles. The van der Waals surface area contributed by atoms with Gasteiger partial charge in [-0.2, -0.15) is 0 Å². The highest BCUT2D eigenvalue weighted by molar-refractivity contribution is 5.16. The van der Waals surface area contributed by atoms with Gasteiger partial charge in [0.2, 0.25) is 0 Å². The molecule has 4 heteroatoms. The molecule has 1 heterocycles. The van der Waals surface area contributed by atoms with Crippen LogP contribution in [0.5, 0.6) is 0 Å². The van der Waals surface area contributed by atoms with Gasteiger partial charge in [0.1, 0.15) is 5.82 Å². The standard InChI is InChI=1S/C7H6F2.C5H6N2/c1-5-3-2-4-6(8)7(5)9;1-5-6-3-2-4-7-5/h2-4H,1H3;2-4H,1H3. The first-order valence-corrected chi connectivity index (χ1v) is 4.75. The van der Waals surface area contributed by atoms with E-state index in [1.165, 1.54) is 19.1 Å². The van der Waals surface area contributed by atoms with E-state index >= 15 is 0 Å². The quantitative estimate of drug-likeness (QED) is 0.684. The lowest BCUT2D eigenvalue weighted by Crippen LogP contribution is -1.85. The van der Waals surface area contributed by atoms with Gasteiger partial charge in [0, 0.05) is 12.4 Å². The SMILES string of the molecule is Cc1cccc(F)c1F.Cc1ncccn1. The van der Waals surface area contributed by atoms with Crippen molar-refractivity contribution in [2.45, 2.75) is 13.8 Å². The molecule has 0 unspecified atom stereocenters. The fourth-order valence-electron chi connectivity index (χ4n) is 0.985. The summed E-state index contributed by atoms with van der Waals surface area (Å²) in [4.78, 5) is 7.74. The number of aryl methyl sites for hydroxylation is 2. The molecule has 84 valence electrons. The second-order valence-corrected chi connectivity index (χ2v) is 3.17. The minimum Gasteiger partial charge on any atom is -0.242 e. The minimum atomic E-state index is -0.782. The zero-order valence-electron chi connectivity index (χ0n) is 9.11. The molecule has 0 N–H and O–H groups in total. The second-order valence-electron chi connectivity index (χ2n) is 3.17. The molecule has 0 atom stereocenters. The molecular weight excluding hydrogens is 210 g/mol. The van der Waals surface area contributed by atoms with Crippen LogP contribution in [-0.4, -0.2) is 9.97 Å². The highest BCUT2D eigenvalue weighted by Crippen LogP contribution is 2.08. The van der Waals surface area contributed by atoms with Crippen LogP contribution in [0.3, 0.4) is 0 Å². The van der Waals surface area contributed by atoms with Crippen molar-refractivity contribution in [1.29, 1.82) is 0 Å². The molecule has 1 aromatic carbocycles. The number of hydrogen-bond acceptors (Lipinski definition) is 2. The van der Waals surface area contributed by atoms with Crippen LogP contribution in [-0.2, 0) is 0 Å². The van der Waals surface area contributed by atoms with E-state index in [0.717, 1.165) is 11.9 Å². The zero-order chi connectivity index (χ0) is 12.0. The van der Waals surface area contributed by atoms with Gasteiger partial charge in [0.15, 0.2) is 11.6 Å². The molecular formula is C12H12F2N2. The summed E-state index contributed by atoms with van der Waals surface area (Å²) < 4.78 is 24.6. The Morgan fingerprint density at radius 2 is 1.56 bits per heavy atom. The Morgan fingerprint density at radius 1 is 0.938 bits per heavy atom. The zero-order valence-corrected chi connectivity index (χ0v) is 9.11. The summed E-state index contributed by atoms with van der Waals surface area (Å²) in [5, 5.41) is 0. The van der Waals surface area contributed by atoms with Crippen molar-refractivity contribution in [1.82, 2.24) is 9.97 Å². The lowest BCUT2D eigenvalue weighted by Gasteiger charge is -1.93. The van der Waals surface area contributed by atoms with Gasteiger partial charge in [-0.15, -0.1) is 0 Å². The van der Waals surface area contributed by atoms with E-state index in [0.29, 0.717) is 5.56 Å². The Hall–Kier alpha value is -1.84. The number of rotatable bonds is 0. The molecule has 2 aromatic rings. The first kappa shape index (κ1) is 12.2. The average molecular weight is 222 g/mol. The number of hydrogen-bond donors (Lipinski definition) is 0. The third-order valence-electron chi connectivity index (χ3n) is 1.84. The van der Waals surface area contributed by atoms with Crippen LogP contribution in [0.2, 0.25) is 0 Å². The lowest BCUT2D eigenvalue weighted by atomic mass is 10.2. The summed E-state index contributed by atoms with van der Waals surface area (Å²) in [6.45, 7) is 3.39. The van der Waals surface area contributed by atoms with Gasteiger partial charge in [0.05, 0.1) is 0 Å². The van der Waals surface area contributed by atoms with Crippen LogP contribution < -0.4 is 0 Å². The maximum Gasteiger partial charge on any atom is 0.161 e. The summed E-state index contributed by atoms with van der Waals surface area (Å²) in [6.07, 6.45) is 3.45. The van der Waals surface area contributed by atoms with Gasteiger partial charge in [-0.05, 0) is 31.5 Å². The van der Waals surface area contributed by atoms with Crippen molar-refractivity contribution >= 4 is 0 Å². The number of halogens is 2. The molecule has 0 bridgehead atoms. The van der Waals surface area contributed by atoms with E-state index in [-0.39, 0.29) is 0 Å². The molecule has 0 radical (unpaired) electrons. The summed E-state index contributed by atoms with van der Waals surface area (Å²) in [7, 11) is 0.